The van der Waals surface area contributed by atoms with Gasteiger partial charge in [0.15, 0.2) is 0 Å². The van der Waals surface area contributed by atoms with Crippen molar-refractivity contribution in [2.24, 2.45) is 0 Å². The summed E-state index contributed by atoms with van der Waals surface area (Å²) in [6.45, 7) is -0.240. The zero-order valence-electron chi connectivity index (χ0n) is 15.6. The van der Waals surface area contributed by atoms with Crippen LogP contribution in [-0.2, 0) is 16.1 Å². The minimum absolute atomic E-state index is 0.0397. The Morgan fingerprint density at radius 3 is 2.80 bits per heavy atom. The van der Waals surface area contributed by atoms with Gasteiger partial charge in [0, 0.05) is 12.3 Å². The molecule has 0 bridgehead atoms. The van der Waals surface area contributed by atoms with E-state index >= 15 is 0 Å². The third kappa shape index (κ3) is 4.94. The van der Waals surface area contributed by atoms with Crippen molar-refractivity contribution in [1.29, 1.82) is 0 Å². The lowest BCUT2D eigenvalue weighted by atomic mass is 10.2. The number of methoxy groups -OCH3 is 1. The first kappa shape index (κ1) is 20.9. The van der Waals surface area contributed by atoms with Crippen LogP contribution in [0.5, 0.6) is 0 Å². The van der Waals surface area contributed by atoms with E-state index in [1.165, 1.54) is 41.0 Å². The third-order valence-electron chi connectivity index (χ3n) is 3.83. The number of halogens is 1. The van der Waals surface area contributed by atoms with E-state index in [0.717, 1.165) is 0 Å². The van der Waals surface area contributed by atoms with Crippen molar-refractivity contribution in [3.05, 3.63) is 54.1 Å². The molecule has 0 saturated heterocycles. The number of rotatable bonds is 7. The molecule has 0 saturated carbocycles. The van der Waals surface area contributed by atoms with E-state index in [4.69, 9.17) is 22.1 Å². The molecule has 11 nitrogen and oxygen atoms in total. The third-order valence-corrected chi connectivity index (χ3v) is 4.14. The number of imidazole rings is 1. The highest BCUT2D eigenvalue weighted by molar-refractivity contribution is 7.80. The van der Waals surface area contributed by atoms with Gasteiger partial charge in [0.2, 0.25) is 0 Å². The normalized spacial score (nSPS) is 10.5. The predicted octanol–water partition coefficient (Wildman–Crippen LogP) is 0.427. The quantitative estimate of drug-likeness (QED) is 0.453. The van der Waals surface area contributed by atoms with Gasteiger partial charge < -0.3 is 25.0 Å². The van der Waals surface area contributed by atoms with Crippen LogP contribution in [0.4, 0.5) is 4.39 Å². The molecular formula is C17H16FN7O4S. The zero-order valence-corrected chi connectivity index (χ0v) is 16.4. The van der Waals surface area contributed by atoms with Gasteiger partial charge >= 0.3 is 5.97 Å². The summed E-state index contributed by atoms with van der Waals surface area (Å²) in [6.07, 6.45) is 4.17. The average molecular weight is 433 g/mol. The zero-order chi connectivity index (χ0) is 21.7. The van der Waals surface area contributed by atoms with Crippen molar-refractivity contribution in [2.45, 2.75) is 6.54 Å². The summed E-state index contributed by atoms with van der Waals surface area (Å²) in [5, 5.41) is 21.8. The smallest absolute Gasteiger partial charge is 0.322 e. The van der Waals surface area contributed by atoms with Gasteiger partial charge in [-0.2, -0.15) is 0 Å². The topological polar surface area (TPSA) is 136 Å². The molecule has 0 unspecified atom stereocenters. The Labute approximate surface area is 174 Å². The first-order valence-electron chi connectivity index (χ1n) is 8.44. The number of aliphatic carboxylic acids is 1. The molecule has 13 heteroatoms. The maximum absolute atomic E-state index is 14.7. The van der Waals surface area contributed by atoms with Gasteiger partial charge in [-0.25, -0.2) is 14.1 Å². The number of thiocarbonyl (C=S) groups is 1. The molecule has 0 atom stereocenters. The van der Waals surface area contributed by atoms with E-state index in [0.29, 0.717) is 17.9 Å². The lowest BCUT2D eigenvalue weighted by Crippen LogP contribution is -2.29. The van der Waals surface area contributed by atoms with Gasteiger partial charge in [0.1, 0.15) is 30.1 Å². The maximum Gasteiger partial charge on any atom is 0.322 e. The van der Waals surface area contributed by atoms with Gasteiger partial charge in [-0.1, -0.05) is 5.21 Å². The molecule has 0 radical (unpaired) electrons. The SMILES string of the molecule is COC(=S)NCc1cn(-c2ccc(-n3cnc(C(=O)NCC(=O)O)c3)c(F)c2)nn1. The number of benzene rings is 1. The summed E-state index contributed by atoms with van der Waals surface area (Å²) in [6, 6.07) is 4.37. The van der Waals surface area contributed by atoms with Crippen molar-refractivity contribution >= 4 is 29.3 Å². The monoisotopic (exact) mass is 433 g/mol. The molecule has 1 amide bonds. The van der Waals surface area contributed by atoms with Crippen molar-refractivity contribution in [1.82, 2.24) is 35.2 Å². The number of carbonyl (C=O) groups excluding carboxylic acids is 1. The number of amides is 1. The van der Waals surface area contributed by atoms with Crippen LogP contribution in [0.1, 0.15) is 16.2 Å². The van der Waals surface area contributed by atoms with Crippen molar-refractivity contribution in [3.63, 3.8) is 0 Å². The Morgan fingerprint density at radius 2 is 2.10 bits per heavy atom. The fourth-order valence-electron chi connectivity index (χ4n) is 2.41. The number of carbonyl (C=O) groups is 2. The summed E-state index contributed by atoms with van der Waals surface area (Å²) in [5.74, 6) is -2.44. The standard InChI is InChI=1S/C17H16FN7O4S/c1-29-17(30)20-5-10-7-25(23-22-10)11-2-3-14(12(18)4-11)24-8-13(21-9-24)16(28)19-6-15(26)27/h2-4,7-9H,5-6H2,1H3,(H,19,28)(H,20,30)(H,26,27). The Balaban J connectivity index is 1.73. The Morgan fingerprint density at radius 1 is 1.30 bits per heavy atom. The molecule has 2 aromatic heterocycles. The molecule has 3 N–H and O–H groups in total. The van der Waals surface area contributed by atoms with Gasteiger partial charge in [-0.05, 0) is 24.4 Å². The molecule has 156 valence electrons. The summed E-state index contributed by atoms with van der Waals surface area (Å²) >= 11 is 4.88. The minimum Gasteiger partial charge on any atom is -0.480 e. The summed E-state index contributed by atoms with van der Waals surface area (Å²) in [4.78, 5) is 26.2. The molecule has 0 aliphatic rings. The fourth-order valence-corrected chi connectivity index (χ4v) is 2.48. The number of nitrogens with zero attached hydrogens (tertiary/aromatic N) is 5. The number of carboxylic acids is 1. The second-order valence-corrected chi connectivity index (χ2v) is 6.25. The highest BCUT2D eigenvalue weighted by Crippen LogP contribution is 2.18. The average Bonchev–Trinajstić information content (AvgIpc) is 3.40. The summed E-state index contributed by atoms with van der Waals surface area (Å²) in [5.41, 5.74) is 1.12. The Kier molecular flexibility index (Phi) is 6.32. The van der Waals surface area contributed by atoms with Crippen molar-refractivity contribution in [3.8, 4) is 11.4 Å². The molecule has 3 rings (SSSR count). The largest absolute Gasteiger partial charge is 0.480 e. The highest BCUT2D eigenvalue weighted by atomic mass is 32.1. The molecule has 0 aliphatic carbocycles. The summed E-state index contributed by atoms with van der Waals surface area (Å²) in [7, 11) is 1.45. The highest BCUT2D eigenvalue weighted by Gasteiger charge is 2.14. The Hall–Kier alpha value is -3.87. The molecule has 2 heterocycles. The van der Waals surface area contributed by atoms with E-state index in [-0.39, 0.29) is 16.6 Å². The number of hydrogen-bond acceptors (Lipinski definition) is 7. The van der Waals surface area contributed by atoms with E-state index in [1.54, 1.807) is 12.3 Å². The number of hydrogen-bond donors (Lipinski definition) is 3. The van der Waals surface area contributed by atoms with Gasteiger partial charge in [-0.15, -0.1) is 5.10 Å². The molecule has 1 aromatic carbocycles. The number of aromatic nitrogens is 5. The van der Waals surface area contributed by atoms with E-state index in [1.807, 2.05) is 0 Å². The van der Waals surface area contributed by atoms with Crippen molar-refractivity contribution < 1.29 is 23.8 Å². The van der Waals surface area contributed by atoms with Crippen LogP contribution in [0.25, 0.3) is 11.4 Å². The molecule has 3 aromatic rings. The molecule has 0 fully saturated rings. The molecule has 0 spiro atoms. The van der Waals surface area contributed by atoms with Gasteiger partial charge in [-0.3, -0.25) is 9.59 Å². The number of ether oxygens (including phenoxy) is 1. The lowest BCUT2D eigenvalue weighted by molar-refractivity contribution is -0.135. The first-order valence-corrected chi connectivity index (χ1v) is 8.85. The van der Waals surface area contributed by atoms with Gasteiger partial charge in [0.05, 0.1) is 31.2 Å². The second kappa shape index (κ2) is 9.09. The summed E-state index contributed by atoms with van der Waals surface area (Å²) < 4.78 is 22.2. The minimum atomic E-state index is -1.18. The van der Waals surface area contributed by atoms with Crippen LogP contribution in [0.2, 0.25) is 0 Å². The Bertz CT molecular complexity index is 1100. The first-order chi connectivity index (χ1) is 14.4. The van der Waals surface area contributed by atoms with E-state index < -0.39 is 24.2 Å². The van der Waals surface area contributed by atoms with E-state index in [9.17, 15) is 14.0 Å². The van der Waals surface area contributed by atoms with Crippen LogP contribution in [-0.4, -0.2) is 60.4 Å². The van der Waals surface area contributed by atoms with Crippen LogP contribution in [0, 0.1) is 5.82 Å². The molecular weight excluding hydrogens is 417 g/mol. The second-order valence-electron chi connectivity index (χ2n) is 5.88. The number of carboxylic acid groups (broad SMARTS) is 1. The van der Waals surface area contributed by atoms with Gasteiger partial charge in [0.25, 0.3) is 11.1 Å². The molecule has 0 aliphatic heterocycles. The fraction of sp³-hybridized carbons (Fsp3) is 0.176. The van der Waals surface area contributed by atoms with Crippen LogP contribution >= 0.6 is 12.2 Å². The van der Waals surface area contributed by atoms with Crippen LogP contribution < -0.4 is 10.6 Å². The van der Waals surface area contributed by atoms with E-state index in [2.05, 4.69) is 25.9 Å². The number of nitrogens with one attached hydrogen (secondary N) is 2. The van der Waals surface area contributed by atoms with Crippen LogP contribution in [0.3, 0.4) is 0 Å². The molecule has 30 heavy (non-hydrogen) atoms. The maximum atomic E-state index is 14.7. The lowest BCUT2D eigenvalue weighted by Gasteiger charge is -2.06. The van der Waals surface area contributed by atoms with Crippen molar-refractivity contribution in [2.75, 3.05) is 13.7 Å². The van der Waals surface area contributed by atoms with Crippen LogP contribution in [0.15, 0.2) is 36.9 Å². The predicted molar refractivity (Wildman–Crippen MR) is 105 cm³/mol.